The van der Waals surface area contributed by atoms with Crippen molar-refractivity contribution in [2.24, 2.45) is 0 Å². The standard InChI is InChI=1S/C14H15ClFNO3S2/c15-10-2-1-8(5-11(10)16)13(14(19)20)17-12(18)6-9-7-21-3-4-22-9/h1-2,5,9,13H,3-4,6-7H2,(H,17,18)(H,19,20). The van der Waals surface area contributed by atoms with Crippen LogP contribution in [0.4, 0.5) is 4.39 Å². The molecule has 1 aromatic rings. The number of aliphatic carboxylic acids is 1. The minimum atomic E-state index is -1.28. The van der Waals surface area contributed by atoms with Gasteiger partial charge in [-0.3, -0.25) is 4.79 Å². The zero-order chi connectivity index (χ0) is 16.1. The summed E-state index contributed by atoms with van der Waals surface area (Å²) >= 11 is 9.09. The van der Waals surface area contributed by atoms with Crippen LogP contribution in [0, 0.1) is 5.82 Å². The van der Waals surface area contributed by atoms with Crippen molar-refractivity contribution in [2.45, 2.75) is 17.7 Å². The van der Waals surface area contributed by atoms with E-state index >= 15 is 0 Å². The van der Waals surface area contributed by atoms with Crippen molar-refractivity contribution in [1.29, 1.82) is 0 Å². The molecule has 1 aliphatic rings. The van der Waals surface area contributed by atoms with Crippen LogP contribution in [0.2, 0.25) is 5.02 Å². The van der Waals surface area contributed by atoms with Crippen molar-refractivity contribution in [3.63, 3.8) is 0 Å². The number of nitrogens with one attached hydrogen (secondary N) is 1. The summed E-state index contributed by atoms with van der Waals surface area (Å²) in [6.07, 6.45) is 0.261. The molecule has 1 saturated heterocycles. The molecular formula is C14H15ClFNO3S2. The number of carbonyl (C=O) groups is 2. The molecule has 2 atom stereocenters. The van der Waals surface area contributed by atoms with E-state index in [1.807, 2.05) is 0 Å². The highest BCUT2D eigenvalue weighted by Crippen LogP contribution is 2.27. The van der Waals surface area contributed by atoms with Crippen molar-refractivity contribution in [2.75, 3.05) is 17.3 Å². The van der Waals surface area contributed by atoms with Gasteiger partial charge in [0.05, 0.1) is 5.02 Å². The molecule has 120 valence electrons. The van der Waals surface area contributed by atoms with Gasteiger partial charge in [0.2, 0.25) is 5.91 Å². The molecule has 0 bridgehead atoms. The number of carbonyl (C=O) groups excluding carboxylic acids is 1. The van der Waals surface area contributed by atoms with E-state index in [2.05, 4.69) is 5.32 Å². The van der Waals surface area contributed by atoms with E-state index in [1.54, 1.807) is 23.5 Å². The second kappa shape index (κ2) is 8.08. The fraction of sp³-hybridized carbons (Fsp3) is 0.429. The molecule has 1 fully saturated rings. The number of carboxylic acids is 1. The van der Waals surface area contributed by atoms with E-state index in [4.69, 9.17) is 11.6 Å². The Bertz CT molecular complexity index is 567. The van der Waals surface area contributed by atoms with Gasteiger partial charge in [-0.2, -0.15) is 23.5 Å². The van der Waals surface area contributed by atoms with Crippen LogP contribution in [0.1, 0.15) is 18.0 Å². The lowest BCUT2D eigenvalue weighted by Crippen LogP contribution is -2.36. The first kappa shape index (κ1) is 17.4. The highest BCUT2D eigenvalue weighted by Gasteiger charge is 2.25. The maximum atomic E-state index is 13.5. The fourth-order valence-corrected chi connectivity index (χ4v) is 4.86. The van der Waals surface area contributed by atoms with Crippen LogP contribution < -0.4 is 5.32 Å². The van der Waals surface area contributed by atoms with Crippen LogP contribution in [0.3, 0.4) is 0 Å². The molecule has 0 saturated carbocycles. The third-order valence-electron chi connectivity index (χ3n) is 3.13. The summed E-state index contributed by atoms with van der Waals surface area (Å²) in [6, 6.07) is 2.44. The smallest absolute Gasteiger partial charge is 0.330 e. The molecular weight excluding hydrogens is 349 g/mol. The van der Waals surface area contributed by atoms with E-state index in [-0.39, 0.29) is 28.2 Å². The monoisotopic (exact) mass is 363 g/mol. The molecule has 0 spiro atoms. The maximum absolute atomic E-state index is 13.5. The second-order valence-corrected chi connectivity index (χ2v) is 7.75. The van der Waals surface area contributed by atoms with Crippen LogP contribution in [-0.4, -0.2) is 39.5 Å². The van der Waals surface area contributed by atoms with Crippen molar-refractivity contribution in [3.8, 4) is 0 Å². The van der Waals surface area contributed by atoms with Crippen molar-refractivity contribution >= 4 is 47.0 Å². The minimum Gasteiger partial charge on any atom is -0.479 e. The van der Waals surface area contributed by atoms with E-state index in [0.29, 0.717) is 0 Å². The van der Waals surface area contributed by atoms with Crippen LogP contribution in [0.5, 0.6) is 0 Å². The molecule has 2 rings (SSSR count). The Balaban J connectivity index is 2.03. The summed E-state index contributed by atoms with van der Waals surface area (Å²) < 4.78 is 13.5. The van der Waals surface area contributed by atoms with Gasteiger partial charge < -0.3 is 10.4 Å². The number of amides is 1. The van der Waals surface area contributed by atoms with Gasteiger partial charge in [-0.05, 0) is 17.7 Å². The molecule has 2 unspecified atom stereocenters. The molecule has 0 radical (unpaired) electrons. The molecule has 1 aliphatic heterocycles. The zero-order valence-electron chi connectivity index (χ0n) is 11.6. The fourth-order valence-electron chi connectivity index (χ4n) is 2.06. The SMILES string of the molecule is O=C(CC1CSCCS1)NC(C(=O)O)c1ccc(Cl)c(F)c1. The lowest BCUT2D eigenvalue weighted by atomic mass is 10.1. The first-order valence-electron chi connectivity index (χ1n) is 6.64. The van der Waals surface area contributed by atoms with Gasteiger partial charge in [0, 0.05) is 28.9 Å². The molecule has 2 N–H and O–H groups in total. The average molecular weight is 364 g/mol. The summed E-state index contributed by atoms with van der Waals surface area (Å²) in [4.78, 5) is 23.4. The van der Waals surface area contributed by atoms with Gasteiger partial charge in [-0.15, -0.1) is 0 Å². The van der Waals surface area contributed by atoms with Gasteiger partial charge in [0.25, 0.3) is 0 Å². The summed E-state index contributed by atoms with van der Waals surface area (Å²) in [6.45, 7) is 0. The Morgan fingerprint density at radius 2 is 2.23 bits per heavy atom. The predicted molar refractivity (Wildman–Crippen MR) is 88.1 cm³/mol. The van der Waals surface area contributed by atoms with Crippen LogP contribution in [0.15, 0.2) is 18.2 Å². The molecule has 4 nitrogen and oxygen atoms in total. The number of hydrogen-bond acceptors (Lipinski definition) is 4. The number of hydrogen-bond donors (Lipinski definition) is 2. The molecule has 0 aromatic heterocycles. The highest BCUT2D eigenvalue weighted by molar-refractivity contribution is 8.06. The highest BCUT2D eigenvalue weighted by atomic mass is 35.5. The second-order valence-electron chi connectivity index (χ2n) is 4.78. The Morgan fingerprint density at radius 1 is 1.45 bits per heavy atom. The summed E-state index contributed by atoms with van der Waals surface area (Å²) in [5.74, 6) is 0.658. The Kier molecular flexibility index (Phi) is 6.40. The summed E-state index contributed by atoms with van der Waals surface area (Å²) in [7, 11) is 0. The Hall–Kier alpha value is -0.920. The van der Waals surface area contributed by atoms with E-state index in [9.17, 15) is 19.1 Å². The van der Waals surface area contributed by atoms with E-state index in [1.165, 1.54) is 12.1 Å². The first-order valence-corrected chi connectivity index (χ1v) is 9.22. The molecule has 22 heavy (non-hydrogen) atoms. The summed E-state index contributed by atoms with van der Waals surface area (Å²) in [5.41, 5.74) is 0.161. The minimum absolute atomic E-state index is 0.0881. The first-order chi connectivity index (χ1) is 10.5. The van der Waals surface area contributed by atoms with Gasteiger partial charge in [0.1, 0.15) is 5.82 Å². The lowest BCUT2D eigenvalue weighted by molar-refractivity contribution is -0.142. The Morgan fingerprint density at radius 3 is 2.82 bits per heavy atom. The number of rotatable bonds is 5. The van der Waals surface area contributed by atoms with Gasteiger partial charge >= 0.3 is 5.97 Å². The Labute approximate surface area is 141 Å². The topological polar surface area (TPSA) is 66.4 Å². The number of benzene rings is 1. The number of halogens is 2. The van der Waals surface area contributed by atoms with Crippen molar-refractivity contribution in [3.05, 3.63) is 34.6 Å². The zero-order valence-corrected chi connectivity index (χ0v) is 13.9. The summed E-state index contributed by atoms with van der Waals surface area (Å²) in [5, 5.41) is 11.8. The molecule has 8 heteroatoms. The largest absolute Gasteiger partial charge is 0.479 e. The van der Waals surface area contributed by atoms with E-state index in [0.717, 1.165) is 23.3 Å². The van der Waals surface area contributed by atoms with Gasteiger partial charge in [0.15, 0.2) is 6.04 Å². The quantitative estimate of drug-likeness (QED) is 0.842. The molecule has 0 aliphatic carbocycles. The predicted octanol–water partition coefficient (Wildman–Crippen LogP) is 2.96. The third-order valence-corrected chi connectivity index (χ3v) is 6.28. The van der Waals surface area contributed by atoms with Crippen molar-refractivity contribution in [1.82, 2.24) is 5.32 Å². The van der Waals surface area contributed by atoms with Gasteiger partial charge in [-0.25, -0.2) is 9.18 Å². The van der Waals surface area contributed by atoms with Crippen molar-refractivity contribution < 1.29 is 19.1 Å². The van der Waals surface area contributed by atoms with Gasteiger partial charge in [-0.1, -0.05) is 17.7 Å². The molecule has 1 aromatic carbocycles. The van der Waals surface area contributed by atoms with Crippen LogP contribution >= 0.6 is 35.1 Å². The normalized spacial score (nSPS) is 19.5. The molecule has 1 heterocycles. The maximum Gasteiger partial charge on any atom is 0.330 e. The average Bonchev–Trinajstić information content (AvgIpc) is 2.48. The number of thioether (sulfide) groups is 2. The number of carboxylic acid groups (broad SMARTS) is 1. The molecule has 1 amide bonds. The lowest BCUT2D eigenvalue weighted by Gasteiger charge is -2.22. The third kappa shape index (κ3) is 4.79. The van der Waals surface area contributed by atoms with E-state index < -0.39 is 17.8 Å². The van der Waals surface area contributed by atoms with Crippen LogP contribution in [0.25, 0.3) is 0 Å². The van der Waals surface area contributed by atoms with Crippen LogP contribution in [-0.2, 0) is 9.59 Å².